The summed E-state index contributed by atoms with van der Waals surface area (Å²) < 4.78 is 16.3. The minimum atomic E-state index is -0.259. The molecule has 1 fully saturated rings. The molecular weight excluding hydrogens is 495 g/mol. The maximum atomic E-state index is 13.3. The minimum absolute atomic E-state index is 0.00339. The number of anilines is 2. The van der Waals surface area contributed by atoms with Crippen LogP contribution in [0.4, 0.5) is 15.8 Å². The third-order valence-corrected chi connectivity index (χ3v) is 7.67. The van der Waals surface area contributed by atoms with Crippen LogP contribution in [0.2, 0.25) is 0 Å². The molecule has 1 aromatic heterocycles. The number of rotatable bonds is 8. The molecule has 0 bridgehead atoms. The first-order chi connectivity index (χ1) is 18.8. The molecule has 3 aromatic carbocycles. The van der Waals surface area contributed by atoms with Gasteiger partial charge < -0.3 is 20.2 Å². The van der Waals surface area contributed by atoms with E-state index < -0.39 is 0 Å². The molecule has 0 saturated carbocycles. The maximum Gasteiger partial charge on any atom is 0.350 e. The molecule has 2 N–H and O–H groups in total. The summed E-state index contributed by atoms with van der Waals surface area (Å²) in [5, 5.41) is 17.4. The standard InChI is InChI=1S/C30H35FN6O2/c1-21(33-22(2)24-4-6-25(31)7-5-24)23(3)37-30(39)36(20-32-37)28-10-8-26(9-11-28)34-16-18-35(19-17-34)27-12-14-29(38)15-13-27/h4-15,20-23,33,38H,16-19H2,1-3H3. The first-order valence-corrected chi connectivity index (χ1v) is 13.4. The second-order valence-electron chi connectivity index (χ2n) is 10.2. The van der Waals surface area contributed by atoms with E-state index in [4.69, 9.17) is 0 Å². The number of nitrogens with zero attached hydrogens (tertiary/aromatic N) is 5. The number of hydrogen-bond acceptors (Lipinski definition) is 6. The highest BCUT2D eigenvalue weighted by molar-refractivity contribution is 5.54. The molecule has 0 amide bonds. The number of piperazine rings is 1. The SMILES string of the molecule is CC(NC(C)C(C)n1ncn(-c2ccc(N3CCN(c4ccc(O)cc4)CC3)cc2)c1=O)c1ccc(F)cc1. The zero-order valence-corrected chi connectivity index (χ0v) is 22.5. The third-order valence-electron chi connectivity index (χ3n) is 7.67. The Kier molecular flexibility index (Phi) is 7.70. The molecule has 0 spiro atoms. The van der Waals surface area contributed by atoms with Gasteiger partial charge in [-0.05, 0) is 87.0 Å². The fraction of sp³-hybridized carbons (Fsp3) is 0.333. The predicted molar refractivity (Wildman–Crippen MR) is 152 cm³/mol. The zero-order chi connectivity index (χ0) is 27.5. The summed E-state index contributed by atoms with van der Waals surface area (Å²) in [5.41, 5.74) is 3.79. The van der Waals surface area contributed by atoms with Crippen LogP contribution >= 0.6 is 0 Å². The van der Waals surface area contributed by atoms with E-state index in [0.29, 0.717) is 0 Å². The molecule has 5 rings (SSSR count). The predicted octanol–water partition coefficient (Wildman–Crippen LogP) is 4.51. The second kappa shape index (κ2) is 11.3. The van der Waals surface area contributed by atoms with Crippen molar-refractivity contribution >= 4 is 11.4 Å². The second-order valence-corrected chi connectivity index (χ2v) is 10.2. The number of nitrogens with one attached hydrogen (secondary N) is 1. The highest BCUT2D eigenvalue weighted by atomic mass is 19.1. The Morgan fingerprint density at radius 2 is 1.31 bits per heavy atom. The van der Waals surface area contributed by atoms with Gasteiger partial charge in [-0.15, -0.1) is 0 Å². The number of benzene rings is 3. The van der Waals surface area contributed by atoms with E-state index >= 15 is 0 Å². The summed E-state index contributed by atoms with van der Waals surface area (Å²) in [6, 6.07) is 21.5. The van der Waals surface area contributed by atoms with Crippen LogP contribution in [0.3, 0.4) is 0 Å². The van der Waals surface area contributed by atoms with E-state index in [1.807, 2.05) is 57.2 Å². The first-order valence-electron chi connectivity index (χ1n) is 13.4. The summed E-state index contributed by atoms with van der Waals surface area (Å²) in [4.78, 5) is 17.9. The van der Waals surface area contributed by atoms with Crippen molar-refractivity contribution in [3.05, 3.63) is 101 Å². The Morgan fingerprint density at radius 3 is 1.87 bits per heavy atom. The van der Waals surface area contributed by atoms with Gasteiger partial charge in [0, 0.05) is 49.6 Å². The van der Waals surface area contributed by atoms with E-state index in [9.17, 15) is 14.3 Å². The number of phenols is 1. The largest absolute Gasteiger partial charge is 0.508 e. The average Bonchev–Trinajstić information content (AvgIpc) is 3.34. The fourth-order valence-corrected chi connectivity index (χ4v) is 5.08. The Hall–Kier alpha value is -4.11. The van der Waals surface area contributed by atoms with Gasteiger partial charge >= 0.3 is 5.69 Å². The summed E-state index contributed by atoms with van der Waals surface area (Å²) in [6.07, 6.45) is 1.57. The number of aromatic nitrogens is 3. The Balaban J connectivity index is 1.21. The van der Waals surface area contributed by atoms with Crippen molar-refractivity contribution in [2.24, 2.45) is 0 Å². The van der Waals surface area contributed by atoms with Crippen molar-refractivity contribution < 1.29 is 9.50 Å². The minimum Gasteiger partial charge on any atom is -0.508 e. The molecule has 1 aliphatic heterocycles. The molecule has 0 aliphatic carbocycles. The van der Waals surface area contributed by atoms with E-state index in [0.717, 1.165) is 48.8 Å². The average molecular weight is 531 g/mol. The van der Waals surface area contributed by atoms with Crippen LogP contribution in [0.15, 0.2) is 83.9 Å². The highest BCUT2D eigenvalue weighted by Gasteiger charge is 2.22. The number of hydrogen-bond donors (Lipinski definition) is 2. The van der Waals surface area contributed by atoms with Gasteiger partial charge in [-0.2, -0.15) is 5.10 Å². The van der Waals surface area contributed by atoms with Gasteiger partial charge in [-0.3, -0.25) is 0 Å². The topological polar surface area (TPSA) is 78.6 Å². The lowest BCUT2D eigenvalue weighted by molar-refractivity contribution is 0.334. The van der Waals surface area contributed by atoms with E-state index in [-0.39, 0.29) is 35.4 Å². The van der Waals surface area contributed by atoms with Crippen LogP contribution in [0, 0.1) is 5.82 Å². The summed E-state index contributed by atoms with van der Waals surface area (Å²) in [6.45, 7) is 9.56. The van der Waals surface area contributed by atoms with Crippen LogP contribution < -0.4 is 20.8 Å². The van der Waals surface area contributed by atoms with Gasteiger partial charge in [0.1, 0.15) is 17.9 Å². The molecule has 204 valence electrons. The molecule has 1 saturated heterocycles. The Bertz CT molecular complexity index is 1420. The van der Waals surface area contributed by atoms with Crippen molar-refractivity contribution in [2.75, 3.05) is 36.0 Å². The molecule has 3 atom stereocenters. The quantitative estimate of drug-likeness (QED) is 0.349. The Labute approximate surface area is 227 Å². The van der Waals surface area contributed by atoms with E-state index in [1.165, 1.54) is 16.8 Å². The van der Waals surface area contributed by atoms with Gasteiger partial charge in [0.05, 0.1) is 11.7 Å². The first kappa shape index (κ1) is 26.5. The number of phenolic OH excluding ortho intramolecular Hbond substituents is 1. The van der Waals surface area contributed by atoms with Crippen molar-refractivity contribution in [1.82, 2.24) is 19.7 Å². The van der Waals surface area contributed by atoms with Gasteiger partial charge in [0.25, 0.3) is 0 Å². The normalized spacial score (nSPS) is 16.2. The van der Waals surface area contributed by atoms with Crippen LogP contribution in [0.1, 0.15) is 38.4 Å². The lowest BCUT2D eigenvalue weighted by Gasteiger charge is -2.37. The van der Waals surface area contributed by atoms with Gasteiger partial charge in [-0.25, -0.2) is 18.4 Å². The highest BCUT2D eigenvalue weighted by Crippen LogP contribution is 2.23. The molecule has 8 nitrogen and oxygen atoms in total. The van der Waals surface area contributed by atoms with E-state index in [2.05, 4.69) is 20.2 Å². The molecule has 4 aromatic rings. The van der Waals surface area contributed by atoms with E-state index in [1.54, 1.807) is 35.2 Å². The van der Waals surface area contributed by atoms with Crippen LogP contribution in [-0.2, 0) is 0 Å². The molecule has 2 heterocycles. The lowest BCUT2D eigenvalue weighted by Crippen LogP contribution is -2.46. The fourth-order valence-electron chi connectivity index (χ4n) is 5.08. The monoisotopic (exact) mass is 530 g/mol. The molecule has 0 radical (unpaired) electrons. The lowest BCUT2D eigenvalue weighted by atomic mass is 10.1. The van der Waals surface area contributed by atoms with Gasteiger partial charge in [0.2, 0.25) is 0 Å². The third kappa shape index (κ3) is 5.83. The Morgan fingerprint density at radius 1 is 0.795 bits per heavy atom. The summed E-state index contributed by atoms with van der Waals surface area (Å²) in [5.74, 6) is 0.0184. The van der Waals surface area contributed by atoms with Crippen LogP contribution in [0.5, 0.6) is 5.75 Å². The molecule has 1 aliphatic rings. The maximum absolute atomic E-state index is 13.3. The number of aromatic hydroxyl groups is 1. The van der Waals surface area contributed by atoms with Crippen molar-refractivity contribution in [2.45, 2.75) is 38.9 Å². The van der Waals surface area contributed by atoms with Gasteiger partial charge in [0.15, 0.2) is 0 Å². The molecule has 39 heavy (non-hydrogen) atoms. The smallest absolute Gasteiger partial charge is 0.350 e. The number of halogens is 1. The molecule has 3 unspecified atom stereocenters. The summed E-state index contributed by atoms with van der Waals surface area (Å²) >= 11 is 0. The van der Waals surface area contributed by atoms with Crippen molar-refractivity contribution in [1.29, 1.82) is 0 Å². The van der Waals surface area contributed by atoms with Crippen LogP contribution in [-0.4, -0.2) is 51.7 Å². The van der Waals surface area contributed by atoms with Gasteiger partial charge in [-0.1, -0.05) is 12.1 Å². The van der Waals surface area contributed by atoms with Crippen molar-refractivity contribution in [3.63, 3.8) is 0 Å². The summed E-state index contributed by atoms with van der Waals surface area (Å²) in [7, 11) is 0. The zero-order valence-electron chi connectivity index (χ0n) is 22.5. The molecule has 9 heteroatoms. The van der Waals surface area contributed by atoms with Crippen molar-refractivity contribution in [3.8, 4) is 11.4 Å². The van der Waals surface area contributed by atoms with Crippen LogP contribution in [0.25, 0.3) is 5.69 Å². The molecular formula is C30H35FN6O2.